The molecule has 3 heteroatoms. The fourth-order valence-electron chi connectivity index (χ4n) is 1.99. The SMILES string of the molecule is CCNC(CC(=O)OC)Cc1ccc(CC)cc1. The van der Waals surface area contributed by atoms with Crippen LogP contribution < -0.4 is 5.32 Å². The summed E-state index contributed by atoms with van der Waals surface area (Å²) in [7, 11) is 1.43. The molecule has 0 heterocycles. The first kappa shape index (κ1) is 14.7. The van der Waals surface area contributed by atoms with Crippen LogP contribution in [0.15, 0.2) is 24.3 Å². The highest BCUT2D eigenvalue weighted by molar-refractivity contribution is 5.69. The van der Waals surface area contributed by atoms with E-state index in [1.165, 1.54) is 18.2 Å². The van der Waals surface area contributed by atoms with E-state index in [4.69, 9.17) is 4.74 Å². The van der Waals surface area contributed by atoms with E-state index in [-0.39, 0.29) is 12.0 Å². The lowest BCUT2D eigenvalue weighted by Crippen LogP contribution is -2.33. The van der Waals surface area contributed by atoms with Crippen molar-refractivity contribution >= 4 is 5.97 Å². The molecule has 0 radical (unpaired) electrons. The van der Waals surface area contributed by atoms with Gasteiger partial charge in [-0.1, -0.05) is 38.1 Å². The molecule has 1 rings (SSSR count). The van der Waals surface area contributed by atoms with Crippen LogP contribution in [-0.4, -0.2) is 25.7 Å². The molecule has 1 unspecified atom stereocenters. The number of benzene rings is 1. The summed E-state index contributed by atoms with van der Waals surface area (Å²) < 4.78 is 4.72. The molecular formula is C15H23NO2. The first-order valence-electron chi connectivity index (χ1n) is 6.57. The number of carbonyl (C=O) groups is 1. The first-order valence-corrected chi connectivity index (χ1v) is 6.57. The summed E-state index contributed by atoms with van der Waals surface area (Å²) >= 11 is 0. The minimum Gasteiger partial charge on any atom is -0.469 e. The number of hydrogen-bond donors (Lipinski definition) is 1. The monoisotopic (exact) mass is 249 g/mol. The molecule has 1 aromatic carbocycles. The van der Waals surface area contributed by atoms with Gasteiger partial charge in [0.1, 0.15) is 0 Å². The number of methoxy groups -OCH3 is 1. The Morgan fingerprint density at radius 1 is 1.22 bits per heavy atom. The lowest BCUT2D eigenvalue weighted by Gasteiger charge is -2.16. The van der Waals surface area contributed by atoms with Gasteiger partial charge in [-0.15, -0.1) is 0 Å². The second-order valence-electron chi connectivity index (χ2n) is 4.41. The molecule has 18 heavy (non-hydrogen) atoms. The first-order chi connectivity index (χ1) is 8.69. The van der Waals surface area contributed by atoms with E-state index in [0.717, 1.165) is 19.4 Å². The van der Waals surface area contributed by atoms with Crippen molar-refractivity contribution in [2.45, 2.75) is 39.2 Å². The van der Waals surface area contributed by atoms with Gasteiger partial charge < -0.3 is 10.1 Å². The van der Waals surface area contributed by atoms with E-state index in [9.17, 15) is 4.79 Å². The number of ether oxygens (including phenoxy) is 1. The van der Waals surface area contributed by atoms with Crippen LogP contribution in [0.5, 0.6) is 0 Å². The van der Waals surface area contributed by atoms with Gasteiger partial charge in [-0.2, -0.15) is 0 Å². The number of esters is 1. The summed E-state index contributed by atoms with van der Waals surface area (Å²) in [5, 5.41) is 3.32. The van der Waals surface area contributed by atoms with Gasteiger partial charge in [-0.25, -0.2) is 0 Å². The number of aryl methyl sites for hydroxylation is 1. The maximum absolute atomic E-state index is 11.3. The van der Waals surface area contributed by atoms with Crippen molar-refractivity contribution in [2.75, 3.05) is 13.7 Å². The Hall–Kier alpha value is -1.35. The summed E-state index contributed by atoms with van der Waals surface area (Å²) in [5.74, 6) is -0.161. The molecule has 0 aliphatic heterocycles. The van der Waals surface area contributed by atoms with E-state index in [1.807, 2.05) is 6.92 Å². The Kier molecular flexibility index (Phi) is 6.44. The average molecular weight is 249 g/mol. The van der Waals surface area contributed by atoms with Crippen molar-refractivity contribution < 1.29 is 9.53 Å². The van der Waals surface area contributed by atoms with Gasteiger partial charge in [-0.05, 0) is 30.5 Å². The van der Waals surface area contributed by atoms with Crippen molar-refractivity contribution in [3.63, 3.8) is 0 Å². The van der Waals surface area contributed by atoms with E-state index in [2.05, 4.69) is 36.5 Å². The van der Waals surface area contributed by atoms with Crippen molar-refractivity contribution in [1.82, 2.24) is 5.32 Å². The highest BCUT2D eigenvalue weighted by atomic mass is 16.5. The van der Waals surface area contributed by atoms with E-state index in [0.29, 0.717) is 6.42 Å². The topological polar surface area (TPSA) is 38.3 Å². The standard InChI is InChI=1S/C15H23NO2/c1-4-12-6-8-13(9-7-12)10-14(16-5-2)11-15(17)18-3/h6-9,14,16H,4-5,10-11H2,1-3H3. The van der Waals surface area contributed by atoms with Crippen molar-refractivity contribution in [1.29, 1.82) is 0 Å². The Balaban J connectivity index is 2.60. The Bertz CT molecular complexity index is 359. The highest BCUT2D eigenvalue weighted by Gasteiger charge is 2.13. The zero-order chi connectivity index (χ0) is 13.4. The maximum Gasteiger partial charge on any atom is 0.307 e. The van der Waals surface area contributed by atoms with Crippen LogP contribution in [0.4, 0.5) is 0 Å². The largest absolute Gasteiger partial charge is 0.469 e. The predicted octanol–water partition coefficient (Wildman–Crippen LogP) is 2.33. The van der Waals surface area contributed by atoms with Crippen LogP contribution in [0.1, 0.15) is 31.4 Å². The molecule has 0 saturated heterocycles. The fraction of sp³-hybridized carbons (Fsp3) is 0.533. The fourth-order valence-corrected chi connectivity index (χ4v) is 1.99. The minimum absolute atomic E-state index is 0.148. The molecular weight excluding hydrogens is 226 g/mol. The molecule has 100 valence electrons. The number of carbonyl (C=O) groups excluding carboxylic acids is 1. The van der Waals surface area contributed by atoms with Crippen molar-refractivity contribution in [2.24, 2.45) is 0 Å². The molecule has 1 N–H and O–H groups in total. The second kappa shape index (κ2) is 7.88. The molecule has 0 aliphatic carbocycles. The van der Waals surface area contributed by atoms with Gasteiger partial charge in [0.15, 0.2) is 0 Å². The van der Waals surface area contributed by atoms with Gasteiger partial charge in [0, 0.05) is 6.04 Å². The molecule has 1 atom stereocenters. The van der Waals surface area contributed by atoms with Crippen LogP contribution in [0.3, 0.4) is 0 Å². The summed E-state index contributed by atoms with van der Waals surface area (Å²) in [4.78, 5) is 11.3. The predicted molar refractivity (Wildman–Crippen MR) is 73.6 cm³/mol. The third-order valence-corrected chi connectivity index (χ3v) is 3.05. The molecule has 3 nitrogen and oxygen atoms in total. The third kappa shape index (κ3) is 4.88. The van der Waals surface area contributed by atoms with Gasteiger partial charge in [-0.3, -0.25) is 4.79 Å². The molecule has 1 aromatic rings. The molecule has 0 amide bonds. The third-order valence-electron chi connectivity index (χ3n) is 3.05. The van der Waals surface area contributed by atoms with Crippen molar-refractivity contribution in [3.05, 3.63) is 35.4 Å². The van der Waals surface area contributed by atoms with Crippen molar-refractivity contribution in [3.8, 4) is 0 Å². The van der Waals surface area contributed by atoms with Gasteiger partial charge in [0.2, 0.25) is 0 Å². The zero-order valence-electron chi connectivity index (χ0n) is 11.5. The summed E-state index contributed by atoms with van der Waals surface area (Å²) in [5.41, 5.74) is 2.59. The highest BCUT2D eigenvalue weighted by Crippen LogP contribution is 2.09. The van der Waals surface area contributed by atoms with Crippen LogP contribution in [-0.2, 0) is 22.4 Å². The van der Waals surface area contributed by atoms with Gasteiger partial charge in [0.05, 0.1) is 13.5 Å². The van der Waals surface area contributed by atoms with E-state index < -0.39 is 0 Å². The Labute approximate surface area is 110 Å². The molecule has 0 bridgehead atoms. The maximum atomic E-state index is 11.3. The minimum atomic E-state index is -0.161. The van der Waals surface area contributed by atoms with E-state index in [1.54, 1.807) is 0 Å². The Morgan fingerprint density at radius 2 is 1.83 bits per heavy atom. The number of nitrogens with one attached hydrogen (secondary N) is 1. The molecule has 0 aliphatic rings. The smallest absolute Gasteiger partial charge is 0.307 e. The normalized spacial score (nSPS) is 12.2. The summed E-state index contributed by atoms with van der Waals surface area (Å²) in [6.45, 7) is 5.05. The lowest BCUT2D eigenvalue weighted by molar-refractivity contribution is -0.141. The summed E-state index contributed by atoms with van der Waals surface area (Å²) in [6.07, 6.45) is 2.33. The lowest BCUT2D eigenvalue weighted by atomic mass is 10.0. The second-order valence-corrected chi connectivity index (χ2v) is 4.41. The van der Waals surface area contributed by atoms with Gasteiger partial charge in [0.25, 0.3) is 0 Å². The molecule has 0 saturated carbocycles. The molecule has 0 spiro atoms. The quantitative estimate of drug-likeness (QED) is 0.754. The van der Waals surface area contributed by atoms with Crippen LogP contribution in [0.2, 0.25) is 0 Å². The zero-order valence-corrected chi connectivity index (χ0v) is 11.5. The Morgan fingerprint density at radius 3 is 2.33 bits per heavy atom. The molecule has 0 fully saturated rings. The van der Waals surface area contributed by atoms with E-state index >= 15 is 0 Å². The number of likely N-dealkylation sites (N-methyl/N-ethyl adjacent to an activating group) is 1. The van der Waals surface area contributed by atoms with Crippen LogP contribution >= 0.6 is 0 Å². The van der Waals surface area contributed by atoms with Gasteiger partial charge >= 0.3 is 5.97 Å². The average Bonchev–Trinajstić information content (AvgIpc) is 2.39. The van der Waals surface area contributed by atoms with Crippen LogP contribution in [0, 0.1) is 0 Å². The number of rotatable bonds is 7. The number of hydrogen-bond acceptors (Lipinski definition) is 3. The summed E-state index contributed by atoms with van der Waals surface area (Å²) in [6, 6.07) is 8.73. The molecule has 0 aromatic heterocycles. The van der Waals surface area contributed by atoms with Crippen LogP contribution in [0.25, 0.3) is 0 Å².